The number of nitrogens with one attached hydrogen (secondary N) is 2. The number of benzene rings is 2. The van der Waals surface area contributed by atoms with Crippen molar-refractivity contribution in [1.82, 2.24) is 9.78 Å². The van der Waals surface area contributed by atoms with Crippen LogP contribution in [0.4, 0.5) is 11.4 Å². The number of methoxy groups -OCH3 is 1. The van der Waals surface area contributed by atoms with E-state index < -0.39 is 0 Å². The van der Waals surface area contributed by atoms with Gasteiger partial charge in [-0.3, -0.25) is 14.3 Å². The summed E-state index contributed by atoms with van der Waals surface area (Å²) >= 11 is 0. The minimum absolute atomic E-state index is 0.214. The Bertz CT molecular complexity index is 1010. The van der Waals surface area contributed by atoms with Gasteiger partial charge in [0.1, 0.15) is 5.56 Å². The molecule has 3 rings (SSSR count). The highest BCUT2D eigenvalue weighted by molar-refractivity contribution is 6.07. The van der Waals surface area contributed by atoms with Gasteiger partial charge >= 0.3 is 0 Å². The van der Waals surface area contributed by atoms with Gasteiger partial charge in [-0.05, 0) is 47.9 Å². The molecule has 7 nitrogen and oxygen atoms in total. The van der Waals surface area contributed by atoms with Crippen LogP contribution in [0.1, 0.15) is 46.0 Å². The zero-order chi connectivity index (χ0) is 21.0. The van der Waals surface area contributed by atoms with Crippen LogP contribution in [-0.2, 0) is 7.05 Å². The fourth-order valence-electron chi connectivity index (χ4n) is 2.83. The molecule has 2 amide bonds. The molecule has 1 aromatic heterocycles. The van der Waals surface area contributed by atoms with Crippen molar-refractivity contribution in [1.29, 1.82) is 0 Å². The Kier molecular flexibility index (Phi) is 5.97. The van der Waals surface area contributed by atoms with Crippen LogP contribution in [0.3, 0.4) is 0 Å². The van der Waals surface area contributed by atoms with E-state index >= 15 is 0 Å². The molecule has 0 saturated heterocycles. The Morgan fingerprint density at radius 2 is 1.48 bits per heavy atom. The minimum Gasteiger partial charge on any atom is -0.479 e. The number of nitrogens with zero attached hydrogens (tertiary/aromatic N) is 2. The third-order valence-electron chi connectivity index (χ3n) is 4.47. The lowest BCUT2D eigenvalue weighted by Gasteiger charge is -2.09. The number of hydrogen-bond acceptors (Lipinski definition) is 4. The lowest BCUT2D eigenvalue weighted by Crippen LogP contribution is -2.14. The molecule has 0 fully saturated rings. The van der Waals surface area contributed by atoms with E-state index in [0.29, 0.717) is 22.7 Å². The molecule has 0 unspecified atom stereocenters. The van der Waals surface area contributed by atoms with Gasteiger partial charge in [0, 0.05) is 30.2 Å². The average molecular weight is 392 g/mol. The number of aromatic nitrogens is 2. The molecule has 0 aliphatic carbocycles. The first-order chi connectivity index (χ1) is 13.9. The summed E-state index contributed by atoms with van der Waals surface area (Å²) in [5, 5.41) is 9.71. The number of rotatable bonds is 6. The van der Waals surface area contributed by atoms with E-state index in [2.05, 4.69) is 29.6 Å². The van der Waals surface area contributed by atoms with Crippen molar-refractivity contribution >= 4 is 23.2 Å². The normalized spacial score (nSPS) is 10.7. The molecule has 0 saturated carbocycles. The van der Waals surface area contributed by atoms with Gasteiger partial charge in [-0.15, -0.1) is 5.10 Å². The highest BCUT2D eigenvalue weighted by Crippen LogP contribution is 2.19. The Hall–Kier alpha value is -3.61. The van der Waals surface area contributed by atoms with Crippen molar-refractivity contribution in [2.45, 2.75) is 19.8 Å². The Morgan fingerprint density at radius 3 is 2.03 bits per heavy atom. The molecule has 0 bridgehead atoms. The standard InChI is InChI=1S/C22H24N4O3/c1-14(2)15-5-9-17(10-6-15)23-20(27)16-7-11-18(12-8-16)24-21(28)19-13-26(3)25-22(19)29-4/h5-14H,1-4H3,(H,23,27)(H,24,28). The van der Waals surface area contributed by atoms with Crippen molar-refractivity contribution in [3.63, 3.8) is 0 Å². The molecule has 3 aromatic rings. The molecule has 150 valence electrons. The van der Waals surface area contributed by atoms with E-state index in [9.17, 15) is 9.59 Å². The molecule has 0 radical (unpaired) electrons. The van der Waals surface area contributed by atoms with Crippen molar-refractivity contribution in [3.8, 4) is 5.88 Å². The maximum absolute atomic E-state index is 12.4. The largest absolute Gasteiger partial charge is 0.479 e. The molecule has 0 aliphatic heterocycles. The molecular formula is C22H24N4O3. The SMILES string of the molecule is COc1nn(C)cc1C(=O)Nc1ccc(C(=O)Nc2ccc(C(C)C)cc2)cc1. The Labute approximate surface area is 169 Å². The van der Waals surface area contributed by atoms with Crippen molar-refractivity contribution in [2.24, 2.45) is 7.05 Å². The summed E-state index contributed by atoms with van der Waals surface area (Å²) in [6, 6.07) is 14.5. The lowest BCUT2D eigenvalue weighted by molar-refractivity contribution is 0.101. The fourth-order valence-corrected chi connectivity index (χ4v) is 2.83. The predicted molar refractivity (Wildman–Crippen MR) is 113 cm³/mol. The quantitative estimate of drug-likeness (QED) is 0.663. The second-order valence-electron chi connectivity index (χ2n) is 6.99. The zero-order valence-electron chi connectivity index (χ0n) is 16.9. The van der Waals surface area contributed by atoms with Crippen LogP contribution in [0.5, 0.6) is 5.88 Å². The average Bonchev–Trinajstić information content (AvgIpc) is 3.10. The number of hydrogen-bond donors (Lipinski definition) is 2. The van der Waals surface area contributed by atoms with Crippen LogP contribution in [0, 0.1) is 0 Å². The van der Waals surface area contributed by atoms with Crippen LogP contribution in [0.2, 0.25) is 0 Å². The van der Waals surface area contributed by atoms with Crippen LogP contribution in [0.25, 0.3) is 0 Å². The molecule has 1 heterocycles. The molecular weight excluding hydrogens is 368 g/mol. The summed E-state index contributed by atoms with van der Waals surface area (Å²) in [6.45, 7) is 4.25. The van der Waals surface area contributed by atoms with Gasteiger partial charge in [-0.25, -0.2) is 0 Å². The van der Waals surface area contributed by atoms with Gasteiger partial charge in [-0.2, -0.15) is 0 Å². The van der Waals surface area contributed by atoms with E-state index in [4.69, 9.17) is 4.74 Å². The van der Waals surface area contributed by atoms with Crippen LogP contribution >= 0.6 is 0 Å². The first-order valence-electron chi connectivity index (χ1n) is 9.27. The van der Waals surface area contributed by atoms with E-state index in [-0.39, 0.29) is 17.7 Å². The second-order valence-corrected chi connectivity index (χ2v) is 6.99. The van der Waals surface area contributed by atoms with Gasteiger partial charge < -0.3 is 15.4 Å². The smallest absolute Gasteiger partial charge is 0.262 e. The monoisotopic (exact) mass is 392 g/mol. The van der Waals surface area contributed by atoms with Crippen molar-refractivity contribution in [2.75, 3.05) is 17.7 Å². The second kappa shape index (κ2) is 8.60. The maximum Gasteiger partial charge on any atom is 0.262 e. The topological polar surface area (TPSA) is 85.2 Å². The summed E-state index contributed by atoms with van der Waals surface area (Å²) in [4.78, 5) is 24.9. The van der Waals surface area contributed by atoms with Crippen molar-refractivity contribution in [3.05, 3.63) is 71.4 Å². The Morgan fingerprint density at radius 1 is 0.931 bits per heavy atom. The number of aryl methyl sites for hydroxylation is 1. The zero-order valence-corrected chi connectivity index (χ0v) is 16.9. The van der Waals surface area contributed by atoms with E-state index in [0.717, 1.165) is 5.69 Å². The predicted octanol–water partition coefficient (Wildman–Crippen LogP) is 4.06. The maximum atomic E-state index is 12.4. The third kappa shape index (κ3) is 4.82. The highest BCUT2D eigenvalue weighted by Gasteiger charge is 2.16. The van der Waals surface area contributed by atoms with Crippen LogP contribution in [-0.4, -0.2) is 28.7 Å². The first-order valence-corrected chi connectivity index (χ1v) is 9.27. The molecule has 2 aromatic carbocycles. The summed E-state index contributed by atoms with van der Waals surface area (Å²) < 4.78 is 6.62. The lowest BCUT2D eigenvalue weighted by atomic mass is 10.0. The Balaban J connectivity index is 1.64. The molecule has 7 heteroatoms. The van der Waals surface area contributed by atoms with Crippen molar-refractivity contribution < 1.29 is 14.3 Å². The number of amides is 2. The van der Waals surface area contributed by atoms with Crippen LogP contribution < -0.4 is 15.4 Å². The molecule has 29 heavy (non-hydrogen) atoms. The molecule has 2 N–H and O–H groups in total. The summed E-state index contributed by atoms with van der Waals surface area (Å²) in [7, 11) is 3.17. The highest BCUT2D eigenvalue weighted by atomic mass is 16.5. The minimum atomic E-state index is -0.336. The summed E-state index contributed by atoms with van der Waals surface area (Å²) in [5.41, 5.74) is 3.35. The van der Waals surface area contributed by atoms with Gasteiger partial charge in [0.05, 0.1) is 7.11 Å². The van der Waals surface area contributed by atoms with E-state index in [1.807, 2.05) is 24.3 Å². The third-order valence-corrected chi connectivity index (χ3v) is 4.47. The van der Waals surface area contributed by atoms with Gasteiger partial charge in [-0.1, -0.05) is 26.0 Å². The summed E-state index contributed by atoms with van der Waals surface area (Å²) in [5.74, 6) is 0.144. The molecule has 0 spiro atoms. The van der Waals surface area contributed by atoms with Gasteiger partial charge in [0.25, 0.3) is 11.8 Å². The number of carbonyl (C=O) groups is 2. The molecule has 0 atom stereocenters. The number of ether oxygens (including phenoxy) is 1. The number of carbonyl (C=O) groups excluding carboxylic acids is 2. The summed E-state index contributed by atoms with van der Waals surface area (Å²) in [6.07, 6.45) is 1.58. The number of anilines is 2. The van der Waals surface area contributed by atoms with E-state index in [1.54, 1.807) is 37.5 Å². The first kappa shape index (κ1) is 20.1. The van der Waals surface area contributed by atoms with E-state index in [1.165, 1.54) is 17.4 Å². The van der Waals surface area contributed by atoms with Gasteiger partial charge in [0.2, 0.25) is 5.88 Å². The van der Waals surface area contributed by atoms with Crippen LogP contribution in [0.15, 0.2) is 54.7 Å². The molecule has 0 aliphatic rings. The van der Waals surface area contributed by atoms with Gasteiger partial charge in [0.15, 0.2) is 0 Å². The fraction of sp³-hybridized carbons (Fsp3) is 0.227.